The van der Waals surface area contributed by atoms with Gasteiger partial charge in [0.15, 0.2) is 0 Å². The molecule has 31 heavy (non-hydrogen) atoms. The number of rotatable bonds is 5. The molecule has 0 aliphatic carbocycles. The van der Waals surface area contributed by atoms with Gasteiger partial charge in [0.2, 0.25) is 0 Å². The molecule has 0 aliphatic heterocycles. The first-order chi connectivity index (χ1) is 15.0. The highest BCUT2D eigenvalue weighted by Gasteiger charge is 2.14. The maximum atomic E-state index is 12.5. The van der Waals surface area contributed by atoms with Crippen molar-refractivity contribution >= 4 is 16.7 Å². The normalized spacial score (nSPS) is 10.8. The van der Waals surface area contributed by atoms with Crippen LogP contribution in [0.4, 0.5) is 0 Å². The monoisotopic (exact) mass is 413 g/mol. The predicted octanol–water partition coefficient (Wildman–Crippen LogP) is 3.85. The van der Waals surface area contributed by atoms with Crippen molar-refractivity contribution in [1.82, 2.24) is 15.1 Å². The maximum Gasteiger partial charge on any atom is 0.274 e. The topological polar surface area (TPSA) is 73.2 Å². The molecule has 1 N–H and O–H groups in total. The highest BCUT2D eigenvalue weighted by atomic mass is 16.5. The van der Waals surface area contributed by atoms with Crippen molar-refractivity contribution in [3.05, 3.63) is 93.8 Å². The zero-order valence-electron chi connectivity index (χ0n) is 17.7. The minimum atomic E-state index is -0.155. The van der Waals surface area contributed by atoms with E-state index in [1.807, 2.05) is 55.5 Å². The number of methoxy groups -OCH3 is 1. The fraction of sp³-hybridized carbons (Fsp3) is 0.160. The van der Waals surface area contributed by atoms with Gasteiger partial charge < -0.3 is 10.1 Å². The molecule has 156 valence electrons. The van der Waals surface area contributed by atoms with Crippen LogP contribution in [0, 0.1) is 6.92 Å². The number of nitrogens with one attached hydrogen (secondary N) is 1. The van der Waals surface area contributed by atoms with E-state index in [4.69, 9.17) is 4.74 Å². The van der Waals surface area contributed by atoms with E-state index in [1.165, 1.54) is 4.68 Å². The fourth-order valence-corrected chi connectivity index (χ4v) is 3.56. The van der Waals surface area contributed by atoms with E-state index in [9.17, 15) is 9.59 Å². The summed E-state index contributed by atoms with van der Waals surface area (Å²) < 4.78 is 6.84. The Morgan fingerprint density at radius 3 is 2.45 bits per heavy atom. The SMILES string of the molecule is COc1ccc(-c2nn(C)c(=O)c3ccccc23)cc1CNC(=O)c1ccc(C)cc1. The second-order valence-electron chi connectivity index (χ2n) is 7.40. The summed E-state index contributed by atoms with van der Waals surface area (Å²) in [7, 11) is 3.24. The lowest BCUT2D eigenvalue weighted by Gasteiger charge is -2.13. The molecule has 4 rings (SSSR count). The van der Waals surface area contributed by atoms with E-state index < -0.39 is 0 Å². The third-order valence-electron chi connectivity index (χ3n) is 5.26. The van der Waals surface area contributed by atoms with E-state index in [0.29, 0.717) is 28.9 Å². The van der Waals surface area contributed by atoms with Gasteiger partial charge in [0.1, 0.15) is 5.75 Å². The molecule has 0 radical (unpaired) electrons. The van der Waals surface area contributed by atoms with Crippen LogP contribution in [0.3, 0.4) is 0 Å². The van der Waals surface area contributed by atoms with Gasteiger partial charge in [-0.15, -0.1) is 0 Å². The van der Waals surface area contributed by atoms with Crippen LogP contribution in [-0.2, 0) is 13.6 Å². The van der Waals surface area contributed by atoms with Gasteiger partial charge in [-0.25, -0.2) is 4.68 Å². The van der Waals surface area contributed by atoms with Gasteiger partial charge in [-0.1, -0.05) is 35.9 Å². The standard InChI is InChI=1S/C25H23N3O3/c1-16-8-10-17(11-9-16)24(29)26-15-19-14-18(12-13-22(19)31-3)23-20-6-4-5-7-21(20)25(30)28(2)27-23/h4-14H,15H2,1-3H3,(H,26,29). The molecule has 0 saturated heterocycles. The molecule has 0 unspecified atom stereocenters. The van der Waals surface area contributed by atoms with Gasteiger partial charge >= 0.3 is 0 Å². The maximum absolute atomic E-state index is 12.5. The number of hydrogen-bond acceptors (Lipinski definition) is 4. The summed E-state index contributed by atoms with van der Waals surface area (Å²) >= 11 is 0. The molecule has 1 heterocycles. The van der Waals surface area contributed by atoms with Crippen LogP contribution in [0.1, 0.15) is 21.5 Å². The van der Waals surface area contributed by atoms with Crippen LogP contribution in [0.25, 0.3) is 22.0 Å². The quantitative estimate of drug-likeness (QED) is 0.539. The number of aryl methyl sites for hydroxylation is 2. The molecule has 0 aliphatic rings. The molecule has 0 bridgehead atoms. The Hall–Kier alpha value is -3.93. The minimum Gasteiger partial charge on any atom is -0.496 e. The van der Waals surface area contributed by atoms with Gasteiger partial charge in [-0.2, -0.15) is 5.10 Å². The fourth-order valence-electron chi connectivity index (χ4n) is 3.56. The Labute approximate surface area is 180 Å². The summed E-state index contributed by atoms with van der Waals surface area (Å²) in [6.07, 6.45) is 0. The molecule has 0 saturated carbocycles. The van der Waals surface area contributed by atoms with Crippen molar-refractivity contribution in [1.29, 1.82) is 0 Å². The first kappa shape index (κ1) is 20.3. The molecule has 1 amide bonds. The van der Waals surface area contributed by atoms with Crippen molar-refractivity contribution in [3.63, 3.8) is 0 Å². The first-order valence-corrected chi connectivity index (χ1v) is 9.96. The number of carbonyl (C=O) groups is 1. The van der Waals surface area contributed by atoms with Crippen molar-refractivity contribution in [2.75, 3.05) is 7.11 Å². The Bertz CT molecular complexity index is 1320. The lowest BCUT2D eigenvalue weighted by atomic mass is 10.0. The van der Waals surface area contributed by atoms with Gasteiger partial charge in [-0.3, -0.25) is 9.59 Å². The summed E-state index contributed by atoms with van der Waals surface area (Å²) in [4.78, 5) is 25.0. The Morgan fingerprint density at radius 1 is 1.03 bits per heavy atom. The van der Waals surface area contributed by atoms with Crippen molar-refractivity contribution in [3.8, 4) is 17.0 Å². The summed E-state index contributed by atoms with van der Waals surface area (Å²) in [5, 5.41) is 8.84. The van der Waals surface area contributed by atoms with Crippen molar-refractivity contribution < 1.29 is 9.53 Å². The second-order valence-corrected chi connectivity index (χ2v) is 7.40. The highest BCUT2D eigenvalue weighted by molar-refractivity contribution is 5.95. The molecular weight excluding hydrogens is 390 g/mol. The largest absolute Gasteiger partial charge is 0.496 e. The van der Waals surface area contributed by atoms with Gasteiger partial charge in [0.05, 0.1) is 18.2 Å². The molecule has 6 nitrogen and oxygen atoms in total. The number of nitrogens with zero attached hydrogens (tertiary/aromatic N) is 2. The van der Waals surface area contributed by atoms with Gasteiger partial charge in [0.25, 0.3) is 11.5 Å². The number of fused-ring (bicyclic) bond motifs is 1. The third kappa shape index (κ3) is 4.05. The predicted molar refractivity (Wildman–Crippen MR) is 121 cm³/mol. The van der Waals surface area contributed by atoms with E-state index in [0.717, 1.165) is 22.1 Å². The summed E-state index contributed by atoms with van der Waals surface area (Å²) in [5.74, 6) is 0.514. The molecule has 0 spiro atoms. The molecule has 4 aromatic rings. The minimum absolute atomic E-state index is 0.140. The van der Waals surface area contributed by atoms with Crippen LogP contribution < -0.4 is 15.6 Å². The van der Waals surface area contributed by atoms with Gasteiger partial charge in [-0.05, 0) is 43.3 Å². The number of amides is 1. The Balaban J connectivity index is 1.69. The van der Waals surface area contributed by atoms with Crippen LogP contribution in [0.2, 0.25) is 0 Å². The van der Waals surface area contributed by atoms with Crippen LogP contribution in [0.5, 0.6) is 5.75 Å². The molecule has 6 heteroatoms. The Morgan fingerprint density at radius 2 is 1.74 bits per heavy atom. The first-order valence-electron chi connectivity index (χ1n) is 9.96. The summed E-state index contributed by atoms with van der Waals surface area (Å²) in [6.45, 7) is 2.28. The molecular formula is C25H23N3O3. The second kappa shape index (κ2) is 8.44. The van der Waals surface area contributed by atoms with Gasteiger partial charge in [0, 0.05) is 35.7 Å². The average Bonchev–Trinajstić information content (AvgIpc) is 2.80. The summed E-state index contributed by atoms with van der Waals surface area (Å²) in [6, 6.07) is 20.5. The summed E-state index contributed by atoms with van der Waals surface area (Å²) in [5.41, 5.74) is 3.92. The van der Waals surface area contributed by atoms with E-state index in [-0.39, 0.29) is 11.5 Å². The molecule has 0 fully saturated rings. The number of aromatic nitrogens is 2. The van der Waals surface area contributed by atoms with Crippen molar-refractivity contribution in [2.45, 2.75) is 13.5 Å². The molecule has 0 atom stereocenters. The van der Waals surface area contributed by atoms with Crippen molar-refractivity contribution in [2.24, 2.45) is 7.05 Å². The van der Waals surface area contributed by atoms with E-state index >= 15 is 0 Å². The van der Waals surface area contributed by atoms with Crippen LogP contribution >= 0.6 is 0 Å². The van der Waals surface area contributed by atoms with Crippen LogP contribution in [-0.4, -0.2) is 22.8 Å². The lowest BCUT2D eigenvalue weighted by Crippen LogP contribution is -2.23. The highest BCUT2D eigenvalue weighted by Crippen LogP contribution is 2.29. The zero-order chi connectivity index (χ0) is 22.0. The van der Waals surface area contributed by atoms with Crippen LogP contribution in [0.15, 0.2) is 71.5 Å². The molecule has 1 aromatic heterocycles. The number of hydrogen-bond donors (Lipinski definition) is 1. The zero-order valence-corrected chi connectivity index (χ0v) is 17.7. The number of ether oxygens (including phenoxy) is 1. The average molecular weight is 413 g/mol. The van der Waals surface area contributed by atoms with E-state index in [1.54, 1.807) is 32.4 Å². The smallest absolute Gasteiger partial charge is 0.274 e. The third-order valence-corrected chi connectivity index (χ3v) is 5.26. The van der Waals surface area contributed by atoms with E-state index in [2.05, 4.69) is 10.4 Å². The molecule has 3 aromatic carbocycles. The Kier molecular flexibility index (Phi) is 5.54. The number of benzene rings is 3. The lowest BCUT2D eigenvalue weighted by molar-refractivity contribution is 0.0950. The number of carbonyl (C=O) groups excluding carboxylic acids is 1.